The van der Waals surface area contributed by atoms with Crippen molar-refractivity contribution in [3.8, 4) is 0 Å². The number of halogens is 1. The van der Waals surface area contributed by atoms with Crippen molar-refractivity contribution in [2.75, 3.05) is 18.5 Å². The maximum absolute atomic E-state index is 13.4. The minimum Gasteiger partial charge on any atom is -0.394 e. The summed E-state index contributed by atoms with van der Waals surface area (Å²) < 4.78 is 18.4. The second-order valence-electron chi connectivity index (χ2n) is 3.07. The number of nitrogens with one attached hydrogen (secondary N) is 1. The van der Waals surface area contributed by atoms with Crippen molar-refractivity contribution < 1.29 is 19.0 Å². The van der Waals surface area contributed by atoms with E-state index in [-0.39, 0.29) is 25.5 Å². The smallest absolute Gasteiger partial charge is 0.316 e. The SMILES string of the molecule is NC(=O)Nc1ccc(COCCO)c(F)c1. The molecule has 0 fully saturated rings. The van der Waals surface area contributed by atoms with Crippen LogP contribution in [0.2, 0.25) is 0 Å². The Morgan fingerprint density at radius 3 is 2.88 bits per heavy atom. The number of carbonyl (C=O) groups is 1. The molecule has 0 heterocycles. The predicted molar refractivity (Wildman–Crippen MR) is 56.3 cm³/mol. The fourth-order valence-electron chi connectivity index (χ4n) is 1.13. The maximum atomic E-state index is 13.4. The number of hydrogen-bond acceptors (Lipinski definition) is 3. The lowest BCUT2D eigenvalue weighted by Gasteiger charge is -2.06. The average molecular weight is 228 g/mol. The van der Waals surface area contributed by atoms with Gasteiger partial charge in [-0.1, -0.05) is 6.07 Å². The standard InChI is InChI=1S/C10H13FN2O3/c11-9-5-8(13-10(12)15)2-1-7(9)6-16-4-3-14/h1-2,5,14H,3-4,6H2,(H3,12,13,15). The molecule has 0 aliphatic rings. The zero-order chi connectivity index (χ0) is 12.0. The lowest BCUT2D eigenvalue weighted by Crippen LogP contribution is -2.19. The number of hydrogen-bond donors (Lipinski definition) is 3. The first-order chi connectivity index (χ1) is 7.63. The van der Waals surface area contributed by atoms with Gasteiger partial charge in [0, 0.05) is 11.3 Å². The molecule has 1 aromatic rings. The highest BCUT2D eigenvalue weighted by Crippen LogP contribution is 2.15. The summed E-state index contributed by atoms with van der Waals surface area (Å²) in [5, 5.41) is 10.7. The first-order valence-corrected chi connectivity index (χ1v) is 4.67. The number of aliphatic hydroxyl groups excluding tert-OH is 1. The summed E-state index contributed by atoms with van der Waals surface area (Å²) in [5.74, 6) is -0.496. The topological polar surface area (TPSA) is 84.6 Å². The predicted octanol–water partition coefficient (Wildman–Crippen LogP) is 0.825. The molecule has 1 aromatic carbocycles. The Morgan fingerprint density at radius 1 is 1.56 bits per heavy atom. The lowest BCUT2D eigenvalue weighted by molar-refractivity contribution is 0.0799. The molecule has 0 aromatic heterocycles. The van der Waals surface area contributed by atoms with Gasteiger partial charge in [0.2, 0.25) is 0 Å². The highest BCUT2D eigenvalue weighted by atomic mass is 19.1. The van der Waals surface area contributed by atoms with Crippen LogP contribution in [0.4, 0.5) is 14.9 Å². The van der Waals surface area contributed by atoms with E-state index in [0.717, 1.165) is 6.07 Å². The summed E-state index contributed by atoms with van der Waals surface area (Å²) in [4.78, 5) is 10.5. The largest absolute Gasteiger partial charge is 0.394 e. The Labute approximate surface area is 92.0 Å². The highest BCUT2D eigenvalue weighted by molar-refractivity contribution is 5.87. The van der Waals surface area contributed by atoms with E-state index in [9.17, 15) is 9.18 Å². The Morgan fingerprint density at radius 2 is 2.31 bits per heavy atom. The van der Waals surface area contributed by atoms with Gasteiger partial charge >= 0.3 is 6.03 Å². The van der Waals surface area contributed by atoms with Gasteiger partial charge in [-0.25, -0.2) is 9.18 Å². The van der Waals surface area contributed by atoms with Crippen LogP contribution in [0.25, 0.3) is 0 Å². The first-order valence-electron chi connectivity index (χ1n) is 4.67. The maximum Gasteiger partial charge on any atom is 0.316 e. The Kier molecular flexibility index (Phi) is 4.68. The summed E-state index contributed by atoms with van der Waals surface area (Å²) in [6.45, 7) is 0.118. The highest BCUT2D eigenvalue weighted by Gasteiger charge is 2.04. The molecule has 0 saturated carbocycles. The second kappa shape index (κ2) is 6.04. The van der Waals surface area contributed by atoms with E-state index in [1.807, 2.05) is 0 Å². The third kappa shape index (κ3) is 3.84. The summed E-state index contributed by atoms with van der Waals surface area (Å²) in [6, 6.07) is 3.41. The van der Waals surface area contributed by atoms with Crippen molar-refractivity contribution >= 4 is 11.7 Å². The number of benzene rings is 1. The van der Waals surface area contributed by atoms with Crippen molar-refractivity contribution in [1.29, 1.82) is 0 Å². The van der Waals surface area contributed by atoms with Gasteiger partial charge in [0.15, 0.2) is 0 Å². The van der Waals surface area contributed by atoms with Gasteiger partial charge in [0.05, 0.1) is 19.8 Å². The molecule has 0 aliphatic heterocycles. The summed E-state index contributed by atoms with van der Waals surface area (Å²) >= 11 is 0. The Balaban J connectivity index is 2.64. The zero-order valence-electron chi connectivity index (χ0n) is 8.57. The second-order valence-corrected chi connectivity index (χ2v) is 3.07. The number of anilines is 1. The fraction of sp³-hybridized carbons (Fsp3) is 0.300. The molecule has 0 radical (unpaired) electrons. The van der Waals surface area contributed by atoms with Crippen LogP contribution in [0.5, 0.6) is 0 Å². The van der Waals surface area contributed by atoms with Crippen molar-refractivity contribution in [2.24, 2.45) is 5.73 Å². The van der Waals surface area contributed by atoms with E-state index in [0.29, 0.717) is 5.56 Å². The number of rotatable bonds is 5. The van der Waals surface area contributed by atoms with Crippen LogP contribution < -0.4 is 11.1 Å². The molecule has 0 atom stereocenters. The van der Waals surface area contributed by atoms with E-state index in [2.05, 4.69) is 5.32 Å². The molecular weight excluding hydrogens is 215 g/mol. The van der Waals surface area contributed by atoms with Gasteiger partial charge < -0.3 is 20.9 Å². The van der Waals surface area contributed by atoms with Gasteiger partial charge in [0.1, 0.15) is 5.82 Å². The number of urea groups is 1. The number of amides is 2. The molecule has 16 heavy (non-hydrogen) atoms. The number of carbonyl (C=O) groups excluding carboxylic acids is 1. The van der Waals surface area contributed by atoms with Crippen LogP contribution in [-0.4, -0.2) is 24.4 Å². The van der Waals surface area contributed by atoms with Crippen LogP contribution in [0, 0.1) is 5.82 Å². The fourth-order valence-corrected chi connectivity index (χ4v) is 1.13. The molecular formula is C10H13FN2O3. The lowest BCUT2D eigenvalue weighted by atomic mass is 10.2. The third-order valence-electron chi connectivity index (χ3n) is 1.81. The van der Waals surface area contributed by atoms with Gasteiger partial charge in [-0.2, -0.15) is 0 Å². The molecule has 0 saturated heterocycles. The Hall–Kier alpha value is -1.66. The van der Waals surface area contributed by atoms with E-state index in [1.54, 1.807) is 0 Å². The molecule has 0 spiro atoms. The van der Waals surface area contributed by atoms with Crippen molar-refractivity contribution in [3.63, 3.8) is 0 Å². The third-order valence-corrected chi connectivity index (χ3v) is 1.81. The van der Waals surface area contributed by atoms with E-state index >= 15 is 0 Å². The van der Waals surface area contributed by atoms with Gasteiger partial charge in [-0.3, -0.25) is 0 Å². The van der Waals surface area contributed by atoms with Crippen LogP contribution in [0.3, 0.4) is 0 Å². The monoisotopic (exact) mass is 228 g/mol. The van der Waals surface area contributed by atoms with Crippen molar-refractivity contribution in [1.82, 2.24) is 0 Å². The molecule has 6 heteroatoms. The summed E-state index contributed by atoms with van der Waals surface area (Å²) in [6.07, 6.45) is 0. The van der Waals surface area contributed by atoms with Crippen LogP contribution in [-0.2, 0) is 11.3 Å². The molecule has 4 N–H and O–H groups in total. The number of ether oxygens (including phenoxy) is 1. The van der Waals surface area contributed by atoms with E-state index in [4.69, 9.17) is 15.6 Å². The van der Waals surface area contributed by atoms with Gasteiger partial charge in [-0.05, 0) is 12.1 Å². The summed E-state index contributed by atoms with van der Waals surface area (Å²) in [5.41, 5.74) is 5.52. The number of primary amides is 1. The quantitative estimate of drug-likeness (QED) is 0.652. The minimum absolute atomic E-state index is 0.0727. The Bertz CT molecular complexity index is 371. The van der Waals surface area contributed by atoms with Crippen LogP contribution >= 0.6 is 0 Å². The van der Waals surface area contributed by atoms with Gasteiger partial charge in [0.25, 0.3) is 0 Å². The number of nitrogens with two attached hydrogens (primary N) is 1. The zero-order valence-corrected chi connectivity index (χ0v) is 8.57. The molecule has 0 aliphatic carbocycles. The molecule has 1 rings (SSSR count). The normalized spacial score (nSPS) is 10.1. The first kappa shape index (κ1) is 12.4. The molecule has 5 nitrogen and oxygen atoms in total. The molecule has 0 bridgehead atoms. The van der Waals surface area contributed by atoms with E-state index < -0.39 is 11.8 Å². The molecule has 2 amide bonds. The van der Waals surface area contributed by atoms with Crippen LogP contribution in [0.15, 0.2) is 18.2 Å². The van der Waals surface area contributed by atoms with Crippen molar-refractivity contribution in [2.45, 2.75) is 6.61 Å². The van der Waals surface area contributed by atoms with Crippen molar-refractivity contribution in [3.05, 3.63) is 29.6 Å². The minimum atomic E-state index is -0.747. The van der Waals surface area contributed by atoms with Gasteiger partial charge in [-0.15, -0.1) is 0 Å². The summed E-state index contributed by atoms with van der Waals surface area (Å²) in [7, 11) is 0. The van der Waals surface area contributed by atoms with E-state index in [1.165, 1.54) is 12.1 Å². The molecule has 0 unspecified atom stereocenters. The van der Waals surface area contributed by atoms with Crippen LogP contribution in [0.1, 0.15) is 5.56 Å². The number of aliphatic hydroxyl groups is 1. The molecule has 88 valence electrons. The average Bonchev–Trinajstić information content (AvgIpc) is 2.20.